The number of nitrogens with zero attached hydrogens (tertiary/aromatic N) is 1. The minimum Gasteiger partial charge on any atom is -0.390 e. The number of hydrogen-bond acceptors (Lipinski definition) is 2. The first-order valence-corrected chi connectivity index (χ1v) is 4.64. The Kier molecular flexibility index (Phi) is 2.43. The molecule has 0 aliphatic heterocycles. The third kappa shape index (κ3) is 1.59. The second-order valence-corrected chi connectivity index (χ2v) is 3.41. The van der Waals surface area contributed by atoms with Crippen molar-refractivity contribution in [3.8, 4) is 0 Å². The quantitative estimate of drug-likeness (QED) is 0.464. The van der Waals surface area contributed by atoms with Gasteiger partial charge < -0.3 is 10.7 Å². The van der Waals surface area contributed by atoms with E-state index in [0.717, 1.165) is 17.2 Å². The average Bonchev–Trinajstić information content (AvgIpc) is 2.57. The van der Waals surface area contributed by atoms with Crippen LogP contribution in [0.3, 0.4) is 0 Å². The summed E-state index contributed by atoms with van der Waals surface area (Å²) in [6, 6.07) is 5.27. The summed E-state index contributed by atoms with van der Waals surface area (Å²) in [5, 5.41) is 1.37. The van der Waals surface area contributed by atoms with Gasteiger partial charge in [0.1, 0.15) is 11.4 Å². The number of benzene rings is 1. The predicted molar refractivity (Wildman–Crippen MR) is 61.0 cm³/mol. The largest absolute Gasteiger partial charge is 0.390 e. The molecule has 1 aromatic heterocycles. The third-order valence-electron chi connectivity index (χ3n) is 2.08. The Labute approximate surface area is 90.8 Å². The summed E-state index contributed by atoms with van der Waals surface area (Å²) in [5.74, 6) is 0. The number of nitrogens with one attached hydrogen (secondary N) is 1. The summed E-state index contributed by atoms with van der Waals surface area (Å²) >= 11 is 5.86. The van der Waals surface area contributed by atoms with Gasteiger partial charge >= 0.3 is 0 Å². The van der Waals surface area contributed by atoms with Crippen LogP contribution in [-0.4, -0.2) is 17.6 Å². The predicted octanol–water partition coefficient (Wildman–Crippen LogP) is 2.25. The highest BCUT2D eigenvalue weighted by molar-refractivity contribution is 6.31. The number of aromatic nitrogens is 1. The third-order valence-corrected chi connectivity index (χ3v) is 2.32. The molecule has 1 heterocycles. The standard InChI is InChI=1S/C10H8ClN3O/c11-6-1-2-8-7(3-6)10(13-5-12)9(4-15)14-8/h1-5,14H,(H2,12,13). The molecule has 1 aromatic carbocycles. The van der Waals surface area contributed by atoms with Crippen molar-refractivity contribution >= 4 is 40.8 Å². The highest BCUT2D eigenvalue weighted by atomic mass is 35.5. The molecule has 0 radical (unpaired) electrons. The van der Waals surface area contributed by atoms with Gasteiger partial charge in [-0.15, -0.1) is 0 Å². The number of aliphatic imine (C=N–C) groups is 1. The van der Waals surface area contributed by atoms with Crippen molar-refractivity contribution in [3.05, 3.63) is 28.9 Å². The Hall–Kier alpha value is -1.81. The fourth-order valence-electron chi connectivity index (χ4n) is 1.47. The van der Waals surface area contributed by atoms with Crippen molar-refractivity contribution < 1.29 is 4.79 Å². The van der Waals surface area contributed by atoms with E-state index >= 15 is 0 Å². The minimum atomic E-state index is 0.397. The Morgan fingerprint density at radius 2 is 2.27 bits per heavy atom. The number of H-pyrrole nitrogens is 1. The van der Waals surface area contributed by atoms with Gasteiger partial charge in [-0.25, -0.2) is 4.99 Å². The number of aromatic amines is 1. The Bertz CT molecular complexity index is 545. The molecule has 0 aliphatic carbocycles. The molecular formula is C10H8ClN3O. The maximum absolute atomic E-state index is 10.8. The molecule has 0 spiro atoms. The molecule has 3 N–H and O–H groups in total. The second-order valence-electron chi connectivity index (χ2n) is 2.97. The van der Waals surface area contributed by atoms with E-state index < -0.39 is 0 Å². The lowest BCUT2D eigenvalue weighted by atomic mass is 10.2. The number of rotatable bonds is 2. The number of hydrogen-bond donors (Lipinski definition) is 2. The van der Waals surface area contributed by atoms with E-state index in [2.05, 4.69) is 9.98 Å². The highest BCUT2D eigenvalue weighted by Crippen LogP contribution is 2.31. The molecule has 0 fully saturated rings. The first kappa shape index (κ1) is 9.73. The molecule has 0 atom stereocenters. The van der Waals surface area contributed by atoms with Crippen LogP contribution in [-0.2, 0) is 0 Å². The molecular weight excluding hydrogens is 214 g/mol. The molecule has 2 aromatic rings. The normalized spacial score (nSPS) is 11.3. The van der Waals surface area contributed by atoms with Crippen LogP contribution in [0.15, 0.2) is 23.2 Å². The number of nitrogens with two attached hydrogens (primary N) is 1. The van der Waals surface area contributed by atoms with Crippen LogP contribution in [0, 0.1) is 0 Å². The van der Waals surface area contributed by atoms with E-state index in [4.69, 9.17) is 17.3 Å². The van der Waals surface area contributed by atoms with E-state index in [-0.39, 0.29) is 0 Å². The van der Waals surface area contributed by atoms with Crippen LogP contribution < -0.4 is 5.73 Å². The molecule has 76 valence electrons. The molecule has 0 saturated heterocycles. The fraction of sp³-hybridized carbons (Fsp3) is 0. The zero-order valence-electron chi connectivity index (χ0n) is 7.70. The van der Waals surface area contributed by atoms with Gasteiger partial charge in [-0.2, -0.15) is 0 Å². The lowest BCUT2D eigenvalue weighted by molar-refractivity contribution is 0.112. The van der Waals surface area contributed by atoms with Crippen molar-refractivity contribution in [1.82, 2.24) is 4.98 Å². The van der Waals surface area contributed by atoms with Crippen LogP contribution in [0.2, 0.25) is 5.02 Å². The summed E-state index contributed by atoms with van der Waals surface area (Å²) in [4.78, 5) is 17.6. The molecule has 0 saturated carbocycles. The molecule has 0 unspecified atom stereocenters. The highest BCUT2D eigenvalue weighted by Gasteiger charge is 2.09. The molecule has 2 rings (SSSR count). The molecule has 0 aliphatic rings. The lowest BCUT2D eigenvalue weighted by Crippen LogP contribution is -1.87. The van der Waals surface area contributed by atoms with Crippen LogP contribution in [0.4, 0.5) is 5.69 Å². The monoisotopic (exact) mass is 221 g/mol. The maximum Gasteiger partial charge on any atom is 0.168 e. The number of carbonyl (C=O) groups is 1. The van der Waals surface area contributed by atoms with Gasteiger partial charge in [-0.1, -0.05) is 11.6 Å². The average molecular weight is 222 g/mol. The van der Waals surface area contributed by atoms with Crippen molar-refractivity contribution in [2.24, 2.45) is 10.7 Å². The van der Waals surface area contributed by atoms with E-state index in [1.54, 1.807) is 18.2 Å². The zero-order chi connectivity index (χ0) is 10.8. The zero-order valence-corrected chi connectivity index (χ0v) is 8.45. The van der Waals surface area contributed by atoms with E-state index in [0.29, 0.717) is 22.7 Å². The second kappa shape index (κ2) is 3.74. The van der Waals surface area contributed by atoms with Crippen LogP contribution in [0.5, 0.6) is 0 Å². The smallest absolute Gasteiger partial charge is 0.168 e. The Balaban J connectivity index is 2.81. The van der Waals surface area contributed by atoms with Gasteiger partial charge in [0.2, 0.25) is 0 Å². The van der Waals surface area contributed by atoms with Gasteiger partial charge in [0, 0.05) is 15.9 Å². The summed E-state index contributed by atoms with van der Waals surface area (Å²) in [6.45, 7) is 0. The molecule has 0 bridgehead atoms. The number of fused-ring (bicyclic) bond motifs is 1. The number of halogens is 1. The first-order valence-electron chi connectivity index (χ1n) is 4.27. The minimum absolute atomic E-state index is 0.397. The van der Waals surface area contributed by atoms with Crippen molar-refractivity contribution in [2.45, 2.75) is 0 Å². The topological polar surface area (TPSA) is 71.2 Å². The van der Waals surface area contributed by atoms with Gasteiger partial charge in [-0.05, 0) is 18.2 Å². The summed E-state index contributed by atoms with van der Waals surface area (Å²) in [5.41, 5.74) is 6.94. The number of carbonyl (C=O) groups excluding carboxylic acids is 1. The first-order chi connectivity index (χ1) is 7.26. The summed E-state index contributed by atoms with van der Waals surface area (Å²) in [7, 11) is 0. The summed E-state index contributed by atoms with van der Waals surface area (Å²) < 4.78 is 0. The van der Waals surface area contributed by atoms with Gasteiger partial charge in [0.25, 0.3) is 0 Å². The van der Waals surface area contributed by atoms with Gasteiger partial charge in [0.05, 0.1) is 6.34 Å². The molecule has 0 amide bonds. The lowest BCUT2D eigenvalue weighted by Gasteiger charge is -1.92. The van der Waals surface area contributed by atoms with Crippen LogP contribution in [0.25, 0.3) is 10.9 Å². The molecule has 5 heteroatoms. The molecule has 4 nitrogen and oxygen atoms in total. The molecule has 15 heavy (non-hydrogen) atoms. The van der Waals surface area contributed by atoms with Gasteiger partial charge in [0.15, 0.2) is 6.29 Å². The Morgan fingerprint density at radius 3 is 2.93 bits per heavy atom. The Morgan fingerprint density at radius 1 is 1.47 bits per heavy atom. The SMILES string of the molecule is NC=Nc1c(C=O)[nH]c2ccc(Cl)cc12. The maximum atomic E-state index is 10.8. The van der Waals surface area contributed by atoms with Gasteiger partial charge in [-0.3, -0.25) is 4.79 Å². The fourth-order valence-corrected chi connectivity index (χ4v) is 1.64. The van der Waals surface area contributed by atoms with Crippen molar-refractivity contribution in [3.63, 3.8) is 0 Å². The summed E-state index contributed by atoms with van der Waals surface area (Å²) in [6.07, 6.45) is 1.85. The van der Waals surface area contributed by atoms with Crippen molar-refractivity contribution in [1.29, 1.82) is 0 Å². The van der Waals surface area contributed by atoms with E-state index in [1.807, 2.05) is 0 Å². The number of aldehydes is 1. The van der Waals surface area contributed by atoms with E-state index in [1.165, 1.54) is 0 Å². The van der Waals surface area contributed by atoms with Crippen LogP contribution >= 0.6 is 11.6 Å². The van der Waals surface area contributed by atoms with Crippen molar-refractivity contribution in [2.75, 3.05) is 0 Å². The van der Waals surface area contributed by atoms with Crippen LogP contribution in [0.1, 0.15) is 10.5 Å². The van der Waals surface area contributed by atoms with E-state index in [9.17, 15) is 4.79 Å².